The summed E-state index contributed by atoms with van der Waals surface area (Å²) >= 11 is 0. The fourth-order valence-corrected chi connectivity index (χ4v) is 3.31. The fourth-order valence-electron chi connectivity index (χ4n) is 3.31. The predicted octanol–water partition coefficient (Wildman–Crippen LogP) is 4.77. The second kappa shape index (κ2) is 10.7. The Morgan fingerprint density at radius 3 is 2.48 bits per heavy atom. The highest BCUT2D eigenvalue weighted by molar-refractivity contribution is 14.0. The molecule has 0 aliphatic carbocycles. The summed E-state index contributed by atoms with van der Waals surface area (Å²) < 4.78 is 0. The minimum Gasteiger partial charge on any atom is -0.370 e. The van der Waals surface area contributed by atoms with Gasteiger partial charge in [-0.25, -0.2) is 4.99 Å². The smallest absolute Gasteiger partial charge is 0.193 e. The molecule has 0 aromatic heterocycles. The summed E-state index contributed by atoms with van der Waals surface area (Å²) in [6, 6.07) is 16.8. The molecular weight excluding hydrogens is 447 g/mol. The number of aryl methyl sites for hydroxylation is 1. The van der Waals surface area contributed by atoms with Gasteiger partial charge in [0.05, 0.1) is 6.54 Å². The van der Waals surface area contributed by atoms with Gasteiger partial charge in [0.2, 0.25) is 0 Å². The maximum atomic E-state index is 6.02. The molecule has 3 N–H and O–H groups in total. The van der Waals surface area contributed by atoms with Crippen molar-refractivity contribution in [3.8, 4) is 0 Å². The molecule has 1 saturated heterocycles. The van der Waals surface area contributed by atoms with E-state index < -0.39 is 0 Å². The second-order valence-electron chi connectivity index (χ2n) is 7.47. The zero-order valence-electron chi connectivity index (χ0n) is 16.3. The van der Waals surface area contributed by atoms with Crippen LogP contribution in [0, 0.1) is 12.8 Å². The van der Waals surface area contributed by atoms with Crippen molar-refractivity contribution in [1.29, 1.82) is 0 Å². The van der Waals surface area contributed by atoms with E-state index in [1.807, 2.05) is 12.1 Å². The summed E-state index contributed by atoms with van der Waals surface area (Å²) in [6.07, 6.45) is 2.62. The second-order valence-corrected chi connectivity index (χ2v) is 7.47. The van der Waals surface area contributed by atoms with Gasteiger partial charge in [-0.1, -0.05) is 48.9 Å². The molecule has 1 fully saturated rings. The third kappa shape index (κ3) is 7.14. The summed E-state index contributed by atoms with van der Waals surface area (Å²) in [4.78, 5) is 7.03. The van der Waals surface area contributed by atoms with Gasteiger partial charge >= 0.3 is 0 Å². The highest BCUT2D eigenvalue weighted by Crippen LogP contribution is 2.18. The van der Waals surface area contributed by atoms with Crippen molar-refractivity contribution in [2.45, 2.75) is 39.8 Å². The number of halogens is 1. The maximum Gasteiger partial charge on any atom is 0.193 e. The lowest BCUT2D eigenvalue weighted by molar-refractivity contribution is 0.185. The van der Waals surface area contributed by atoms with Gasteiger partial charge in [0, 0.05) is 12.2 Å². The number of likely N-dealkylation sites (tertiary alicyclic amines) is 1. The molecule has 5 heteroatoms. The number of nitrogens with two attached hydrogens (primary N) is 1. The number of hydrogen-bond donors (Lipinski definition) is 2. The predicted molar refractivity (Wildman–Crippen MR) is 126 cm³/mol. The van der Waals surface area contributed by atoms with E-state index in [0.29, 0.717) is 12.5 Å². The molecule has 0 radical (unpaired) electrons. The van der Waals surface area contributed by atoms with Gasteiger partial charge in [-0.15, -0.1) is 24.0 Å². The number of hydrogen-bond acceptors (Lipinski definition) is 2. The van der Waals surface area contributed by atoms with Crippen LogP contribution in [0.3, 0.4) is 0 Å². The Morgan fingerprint density at radius 1 is 1.11 bits per heavy atom. The standard InChI is InChI=1S/C22H30N4.HI/c1-17-6-8-21(9-7-17)25-22(23)24-15-19-4-3-5-20(14-19)16-26-12-10-18(2)11-13-26;/h3-9,14,18H,10-13,15-16H2,1-2H3,(H3,23,24,25);1H. The van der Waals surface area contributed by atoms with Crippen molar-refractivity contribution in [3.63, 3.8) is 0 Å². The summed E-state index contributed by atoms with van der Waals surface area (Å²) in [7, 11) is 0. The van der Waals surface area contributed by atoms with E-state index in [1.165, 1.54) is 42.6 Å². The zero-order valence-corrected chi connectivity index (χ0v) is 18.6. The van der Waals surface area contributed by atoms with Crippen LogP contribution in [-0.2, 0) is 13.1 Å². The molecule has 1 heterocycles. The van der Waals surface area contributed by atoms with E-state index in [2.05, 4.69) is 65.5 Å². The minimum atomic E-state index is 0. The number of benzene rings is 2. The van der Waals surface area contributed by atoms with E-state index >= 15 is 0 Å². The Labute approximate surface area is 180 Å². The molecule has 0 saturated carbocycles. The van der Waals surface area contributed by atoms with E-state index in [0.717, 1.165) is 18.2 Å². The van der Waals surface area contributed by atoms with Gasteiger partial charge in [-0.2, -0.15) is 0 Å². The molecule has 4 nitrogen and oxygen atoms in total. The van der Waals surface area contributed by atoms with Crippen molar-refractivity contribution >= 4 is 35.6 Å². The van der Waals surface area contributed by atoms with Crippen molar-refractivity contribution in [1.82, 2.24) is 4.90 Å². The number of anilines is 1. The largest absolute Gasteiger partial charge is 0.370 e. The number of aliphatic imine (C=N–C) groups is 1. The zero-order chi connectivity index (χ0) is 18.4. The fraction of sp³-hybridized carbons (Fsp3) is 0.409. The lowest BCUT2D eigenvalue weighted by Gasteiger charge is -2.30. The molecule has 146 valence electrons. The van der Waals surface area contributed by atoms with Crippen LogP contribution in [0.4, 0.5) is 5.69 Å². The lowest BCUT2D eigenvalue weighted by atomic mass is 9.98. The Kier molecular flexibility index (Phi) is 8.57. The molecule has 2 aromatic carbocycles. The van der Waals surface area contributed by atoms with Gasteiger partial charge in [0.15, 0.2) is 5.96 Å². The topological polar surface area (TPSA) is 53.6 Å². The van der Waals surface area contributed by atoms with Crippen molar-refractivity contribution < 1.29 is 0 Å². The quantitative estimate of drug-likeness (QED) is 0.370. The number of nitrogens with one attached hydrogen (secondary N) is 1. The van der Waals surface area contributed by atoms with E-state index in [9.17, 15) is 0 Å². The van der Waals surface area contributed by atoms with E-state index in [1.54, 1.807) is 0 Å². The number of rotatable bonds is 5. The molecule has 0 amide bonds. The van der Waals surface area contributed by atoms with Gasteiger partial charge in [0.25, 0.3) is 0 Å². The summed E-state index contributed by atoms with van der Waals surface area (Å²) in [5, 5.41) is 3.14. The first-order valence-corrected chi connectivity index (χ1v) is 9.52. The van der Waals surface area contributed by atoms with Crippen LogP contribution in [0.15, 0.2) is 53.5 Å². The van der Waals surface area contributed by atoms with Gasteiger partial charge in [-0.05, 0) is 62.0 Å². The third-order valence-electron chi connectivity index (χ3n) is 5.03. The number of nitrogens with zero attached hydrogens (tertiary/aromatic N) is 2. The van der Waals surface area contributed by atoms with Crippen molar-refractivity contribution in [3.05, 3.63) is 65.2 Å². The highest BCUT2D eigenvalue weighted by Gasteiger charge is 2.15. The van der Waals surface area contributed by atoms with Crippen molar-refractivity contribution in [2.75, 3.05) is 18.4 Å². The first-order valence-electron chi connectivity index (χ1n) is 9.52. The van der Waals surface area contributed by atoms with Crippen LogP contribution in [-0.4, -0.2) is 23.9 Å². The summed E-state index contributed by atoms with van der Waals surface area (Å²) in [5.74, 6) is 1.32. The lowest BCUT2D eigenvalue weighted by Crippen LogP contribution is -2.32. The normalized spacial score (nSPS) is 16.0. The van der Waals surface area contributed by atoms with E-state index in [-0.39, 0.29) is 24.0 Å². The van der Waals surface area contributed by atoms with Crippen LogP contribution >= 0.6 is 24.0 Å². The molecule has 2 aromatic rings. The average molecular weight is 478 g/mol. The number of guanidine groups is 1. The number of piperidine rings is 1. The summed E-state index contributed by atoms with van der Waals surface area (Å²) in [6.45, 7) is 8.45. The maximum absolute atomic E-state index is 6.02. The summed E-state index contributed by atoms with van der Waals surface area (Å²) in [5.41, 5.74) is 10.8. The minimum absolute atomic E-state index is 0. The molecular formula is C22H31IN4. The van der Waals surface area contributed by atoms with Crippen LogP contribution in [0.5, 0.6) is 0 Å². The SMILES string of the molecule is Cc1ccc(NC(N)=NCc2cccc(CN3CCC(C)CC3)c2)cc1.I. The van der Waals surface area contributed by atoms with Crippen LogP contribution in [0.25, 0.3) is 0 Å². The van der Waals surface area contributed by atoms with Gasteiger partial charge in [0.1, 0.15) is 0 Å². The molecule has 1 aliphatic heterocycles. The van der Waals surface area contributed by atoms with Crippen LogP contribution in [0.1, 0.15) is 36.5 Å². The van der Waals surface area contributed by atoms with E-state index in [4.69, 9.17) is 5.73 Å². The Morgan fingerprint density at radius 2 is 1.78 bits per heavy atom. The first-order chi connectivity index (χ1) is 12.6. The van der Waals surface area contributed by atoms with Gasteiger partial charge < -0.3 is 11.1 Å². The molecule has 0 unspecified atom stereocenters. The molecule has 0 bridgehead atoms. The monoisotopic (exact) mass is 478 g/mol. The molecule has 0 spiro atoms. The molecule has 0 atom stereocenters. The Hall–Kier alpha value is -1.60. The molecule has 27 heavy (non-hydrogen) atoms. The van der Waals surface area contributed by atoms with Gasteiger partial charge in [-0.3, -0.25) is 4.90 Å². The molecule has 3 rings (SSSR count). The first kappa shape index (κ1) is 21.7. The average Bonchev–Trinajstić information content (AvgIpc) is 2.64. The van der Waals surface area contributed by atoms with Crippen LogP contribution in [0.2, 0.25) is 0 Å². The molecule has 1 aliphatic rings. The Bertz CT molecular complexity index is 734. The Balaban J connectivity index is 0.00000261. The van der Waals surface area contributed by atoms with Crippen molar-refractivity contribution in [2.24, 2.45) is 16.6 Å². The van der Waals surface area contributed by atoms with Crippen LogP contribution < -0.4 is 11.1 Å². The highest BCUT2D eigenvalue weighted by atomic mass is 127. The third-order valence-corrected chi connectivity index (χ3v) is 5.03.